The van der Waals surface area contributed by atoms with Gasteiger partial charge >= 0.3 is 0 Å². The maximum absolute atomic E-state index is 5.03. The Labute approximate surface area is 103 Å². The summed E-state index contributed by atoms with van der Waals surface area (Å²) in [6.07, 6.45) is 7.77. The van der Waals surface area contributed by atoms with E-state index >= 15 is 0 Å². The summed E-state index contributed by atoms with van der Waals surface area (Å²) in [5, 5.41) is 3.36. The van der Waals surface area contributed by atoms with Crippen LogP contribution in [0.2, 0.25) is 0 Å². The largest absolute Gasteiger partial charge is 0.385 e. The Hall–Kier alpha value is -1.03. The zero-order chi connectivity index (χ0) is 12.1. The van der Waals surface area contributed by atoms with Crippen molar-refractivity contribution in [1.82, 2.24) is 9.55 Å². The van der Waals surface area contributed by atoms with E-state index in [9.17, 15) is 0 Å². The van der Waals surface area contributed by atoms with Crippen LogP contribution in [-0.2, 0) is 11.3 Å². The second kappa shape index (κ2) is 6.05. The first kappa shape index (κ1) is 12.4. The molecule has 1 aromatic heterocycles. The standard InChI is InChI=1S/C13H23N3O/c1-11(12-4-5-12)10-16-8-7-15-13(16)14-6-3-9-17-2/h7-8,11-12H,3-6,9-10H2,1-2H3,(H,14,15). The molecule has 1 heterocycles. The SMILES string of the molecule is COCCCNc1nccn1CC(C)C1CC1. The van der Waals surface area contributed by atoms with Crippen molar-refractivity contribution in [1.29, 1.82) is 0 Å². The summed E-state index contributed by atoms with van der Waals surface area (Å²) < 4.78 is 7.26. The highest BCUT2D eigenvalue weighted by atomic mass is 16.5. The molecule has 1 fully saturated rings. The van der Waals surface area contributed by atoms with Crippen LogP contribution in [0.3, 0.4) is 0 Å². The highest BCUT2D eigenvalue weighted by molar-refractivity contribution is 5.25. The quantitative estimate of drug-likeness (QED) is 0.706. The van der Waals surface area contributed by atoms with Crippen LogP contribution in [0.1, 0.15) is 26.2 Å². The summed E-state index contributed by atoms with van der Waals surface area (Å²) in [5.74, 6) is 2.70. The monoisotopic (exact) mass is 237 g/mol. The summed E-state index contributed by atoms with van der Waals surface area (Å²) in [5.41, 5.74) is 0. The second-order valence-electron chi connectivity index (χ2n) is 4.99. The van der Waals surface area contributed by atoms with E-state index in [1.165, 1.54) is 12.8 Å². The Balaban J connectivity index is 1.78. The first-order valence-electron chi connectivity index (χ1n) is 6.55. The van der Waals surface area contributed by atoms with Gasteiger partial charge in [-0.1, -0.05) is 6.92 Å². The lowest BCUT2D eigenvalue weighted by Crippen LogP contribution is -2.14. The lowest BCUT2D eigenvalue weighted by Gasteiger charge is -2.14. The molecule has 1 aromatic rings. The topological polar surface area (TPSA) is 39.1 Å². The van der Waals surface area contributed by atoms with Crippen LogP contribution >= 0.6 is 0 Å². The van der Waals surface area contributed by atoms with E-state index in [4.69, 9.17) is 4.74 Å². The molecular weight excluding hydrogens is 214 g/mol. The Morgan fingerprint density at radius 2 is 2.41 bits per heavy atom. The molecule has 0 amide bonds. The molecule has 4 heteroatoms. The van der Waals surface area contributed by atoms with Gasteiger partial charge in [0.15, 0.2) is 0 Å². The molecule has 1 N–H and O–H groups in total. The molecule has 0 aliphatic heterocycles. The highest BCUT2D eigenvalue weighted by Crippen LogP contribution is 2.37. The zero-order valence-corrected chi connectivity index (χ0v) is 10.9. The van der Waals surface area contributed by atoms with E-state index < -0.39 is 0 Å². The predicted molar refractivity (Wildman–Crippen MR) is 69.1 cm³/mol. The van der Waals surface area contributed by atoms with Crippen LogP contribution in [-0.4, -0.2) is 29.8 Å². The van der Waals surface area contributed by atoms with Crippen molar-refractivity contribution in [3.05, 3.63) is 12.4 Å². The number of imidazole rings is 1. The molecular formula is C13H23N3O. The van der Waals surface area contributed by atoms with Gasteiger partial charge < -0.3 is 14.6 Å². The van der Waals surface area contributed by atoms with Crippen molar-refractivity contribution in [2.45, 2.75) is 32.7 Å². The minimum atomic E-state index is 0.767. The van der Waals surface area contributed by atoms with E-state index in [-0.39, 0.29) is 0 Å². The van der Waals surface area contributed by atoms with Crippen molar-refractivity contribution in [3.63, 3.8) is 0 Å². The van der Waals surface area contributed by atoms with Crippen LogP contribution in [0.25, 0.3) is 0 Å². The molecule has 0 saturated heterocycles. The lowest BCUT2D eigenvalue weighted by atomic mass is 10.1. The number of nitrogens with zero attached hydrogens (tertiary/aromatic N) is 2. The van der Waals surface area contributed by atoms with E-state index in [0.717, 1.165) is 43.9 Å². The first-order valence-corrected chi connectivity index (χ1v) is 6.55. The Bertz CT molecular complexity index is 333. The molecule has 1 saturated carbocycles. The third-order valence-corrected chi connectivity index (χ3v) is 3.44. The molecule has 96 valence electrons. The Morgan fingerprint density at radius 1 is 1.59 bits per heavy atom. The van der Waals surface area contributed by atoms with Gasteiger partial charge in [0.05, 0.1) is 0 Å². The smallest absolute Gasteiger partial charge is 0.202 e. The summed E-state index contributed by atoms with van der Waals surface area (Å²) in [6.45, 7) is 5.14. The van der Waals surface area contributed by atoms with Crippen LogP contribution in [0, 0.1) is 11.8 Å². The Morgan fingerprint density at radius 3 is 3.12 bits per heavy atom. The molecule has 1 aliphatic carbocycles. The maximum Gasteiger partial charge on any atom is 0.202 e. The minimum absolute atomic E-state index is 0.767. The maximum atomic E-state index is 5.03. The van der Waals surface area contributed by atoms with Gasteiger partial charge in [0.1, 0.15) is 0 Å². The molecule has 2 rings (SSSR count). The number of nitrogens with one attached hydrogen (secondary N) is 1. The van der Waals surface area contributed by atoms with E-state index in [1.807, 2.05) is 6.20 Å². The summed E-state index contributed by atoms with van der Waals surface area (Å²) >= 11 is 0. The van der Waals surface area contributed by atoms with Crippen LogP contribution < -0.4 is 5.32 Å². The fourth-order valence-corrected chi connectivity index (χ4v) is 2.16. The highest BCUT2D eigenvalue weighted by Gasteiger charge is 2.28. The van der Waals surface area contributed by atoms with Crippen LogP contribution in [0.4, 0.5) is 5.95 Å². The van der Waals surface area contributed by atoms with Gasteiger partial charge in [-0.05, 0) is 31.1 Å². The molecule has 0 bridgehead atoms. The summed E-state index contributed by atoms with van der Waals surface area (Å²) in [7, 11) is 1.73. The molecule has 1 unspecified atom stereocenters. The molecule has 1 atom stereocenters. The fraction of sp³-hybridized carbons (Fsp3) is 0.769. The number of hydrogen-bond donors (Lipinski definition) is 1. The molecule has 1 aliphatic rings. The number of methoxy groups -OCH3 is 1. The molecule has 0 spiro atoms. The molecule has 4 nitrogen and oxygen atoms in total. The average molecular weight is 237 g/mol. The van der Waals surface area contributed by atoms with E-state index in [0.29, 0.717) is 0 Å². The van der Waals surface area contributed by atoms with Gasteiger partial charge in [-0.2, -0.15) is 0 Å². The minimum Gasteiger partial charge on any atom is -0.385 e. The number of rotatable bonds is 8. The molecule has 0 aromatic carbocycles. The number of ether oxygens (including phenoxy) is 1. The van der Waals surface area contributed by atoms with Crippen LogP contribution in [0.5, 0.6) is 0 Å². The van der Waals surface area contributed by atoms with Crippen molar-refractivity contribution < 1.29 is 4.74 Å². The third-order valence-electron chi connectivity index (χ3n) is 3.44. The van der Waals surface area contributed by atoms with Crippen molar-refractivity contribution in [3.8, 4) is 0 Å². The Kier molecular flexibility index (Phi) is 4.42. The zero-order valence-electron chi connectivity index (χ0n) is 10.9. The number of anilines is 1. The van der Waals surface area contributed by atoms with Gasteiger partial charge in [0.25, 0.3) is 0 Å². The molecule has 0 radical (unpaired) electrons. The van der Waals surface area contributed by atoms with Crippen molar-refractivity contribution in [2.75, 3.05) is 25.6 Å². The molecule has 17 heavy (non-hydrogen) atoms. The summed E-state index contributed by atoms with van der Waals surface area (Å²) in [4.78, 5) is 4.36. The van der Waals surface area contributed by atoms with Gasteiger partial charge in [-0.3, -0.25) is 0 Å². The van der Waals surface area contributed by atoms with Crippen LogP contribution in [0.15, 0.2) is 12.4 Å². The number of hydrogen-bond acceptors (Lipinski definition) is 3. The fourth-order valence-electron chi connectivity index (χ4n) is 2.16. The third kappa shape index (κ3) is 3.73. The van der Waals surface area contributed by atoms with Crippen molar-refractivity contribution in [2.24, 2.45) is 11.8 Å². The van der Waals surface area contributed by atoms with Gasteiger partial charge in [0.2, 0.25) is 5.95 Å². The van der Waals surface area contributed by atoms with Gasteiger partial charge in [-0.15, -0.1) is 0 Å². The lowest BCUT2D eigenvalue weighted by molar-refractivity contribution is 0.197. The predicted octanol–water partition coefficient (Wildman–Crippen LogP) is 2.38. The van der Waals surface area contributed by atoms with E-state index in [1.54, 1.807) is 7.11 Å². The summed E-state index contributed by atoms with van der Waals surface area (Å²) in [6, 6.07) is 0. The number of aromatic nitrogens is 2. The van der Waals surface area contributed by atoms with Gasteiger partial charge in [-0.25, -0.2) is 4.98 Å². The average Bonchev–Trinajstić information content (AvgIpc) is 3.09. The van der Waals surface area contributed by atoms with E-state index in [2.05, 4.69) is 28.0 Å². The van der Waals surface area contributed by atoms with Crippen molar-refractivity contribution >= 4 is 5.95 Å². The normalized spacial score (nSPS) is 17.1. The second-order valence-corrected chi connectivity index (χ2v) is 4.99. The van der Waals surface area contributed by atoms with Gasteiger partial charge in [0, 0.05) is 39.2 Å². The first-order chi connectivity index (χ1) is 8.31.